The number of aliphatic hydroxyl groups is 5. The zero-order valence-corrected chi connectivity index (χ0v) is 8.02. The van der Waals surface area contributed by atoms with Gasteiger partial charge in [-0.1, -0.05) is 0 Å². The molecule has 0 aromatic rings. The van der Waals surface area contributed by atoms with Gasteiger partial charge in [-0.2, -0.15) is 0 Å². The number of aliphatic hydroxyl groups excluding tert-OH is 5. The van der Waals surface area contributed by atoms with E-state index in [0.717, 1.165) is 0 Å². The van der Waals surface area contributed by atoms with Crippen molar-refractivity contribution in [1.29, 1.82) is 0 Å². The number of rotatable bonds is 5. The van der Waals surface area contributed by atoms with Crippen LogP contribution in [0, 0.1) is 0 Å². The van der Waals surface area contributed by atoms with Crippen molar-refractivity contribution in [2.75, 3.05) is 6.61 Å². The zero-order valence-electron chi connectivity index (χ0n) is 6.98. The molecule has 0 aliphatic carbocycles. The fraction of sp³-hybridized carbons (Fsp3) is 0.833. The predicted molar refractivity (Wildman–Crippen MR) is 37.9 cm³/mol. The van der Waals surface area contributed by atoms with Crippen LogP contribution < -0.4 is 0 Å². The monoisotopic (exact) mass is 255 g/mol. The number of carbonyl (C=O) groups is 1. The van der Waals surface area contributed by atoms with E-state index in [2.05, 4.69) is 0 Å². The summed E-state index contributed by atoms with van der Waals surface area (Å²) in [6.07, 6.45) is -6.84. The van der Waals surface area contributed by atoms with Crippen molar-refractivity contribution in [1.82, 2.24) is 0 Å². The Labute approximate surface area is 90.5 Å². The Kier molecular flexibility index (Phi) is 13.2. The Morgan fingerprint density at radius 3 is 1.79 bits per heavy atom. The van der Waals surface area contributed by atoms with Crippen molar-refractivity contribution in [2.45, 2.75) is 24.4 Å². The molecule has 0 heterocycles. The standard InChI is InChI=1S/C6H12O6.Co.O/c7-1-3(9)5(11)6(12)4(10)2-8;;/h1,3-6,8-12H,2H2;;/q;+2;-2/t3-,4+,5+,6+;;/m0../s1. The maximum absolute atomic E-state index is 9.90. The maximum Gasteiger partial charge on any atom is 2.00 e. The Morgan fingerprint density at radius 1 is 1.07 bits per heavy atom. The van der Waals surface area contributed by atoms with Gasteiger partial charge in [0.25, 0.3) is 0 Å². The minimum atomic E-state index is -1.79. The van der Waals surface area contributed by atoms with Crippen molar-refractivity contribution in [3.05, 3.63) is 0 Å². The van der Waals surface area contributed by atoms with Crippen molar-refractivity contribution >= 4 is 6.29 Å². The van der Waals surface area contributed by atoms with E-state index in [-0.39, 0.29) is 28.5 Å². The maximum atomic E-state index is 9.90. The van der Waals surface area contributed by atoms with E-state index in [4.69, 9.17) is 25.5 Å². The summed E-state index contributed by atoms with van der Waals surface area (Å²) in [7, 11) is 0. The van der Waals surface area contributed by atoms with Crippen LogP contribution in [0.15, 0.2) is 0 Å². The molecule has 0 spiro atoms. The van der Waals surface area contributed by atoms with Crippen molar-refractivity contribution in [3.8, 4) is 0 Å². The Morgan fingerprint density at radius 2 is 1.50 bits per heavy atom. The van der Waals surface area contributed by atoms with E-state index in [1.165, 1.54) is 0 Å². The van der Waals surface area contributed by atoms with E-state index >= 15 is 0 Å². The van der Waals surface area contributed by atoms with Gasteiger partial charge in [-0.3, -0.25) is 0 Å². The molecule has 4 atom stereocenters. The summed E-state index contributed by atoms with van der Waals surface area (Å²) in [5, 5.41) is 43.5. The first kappa shape index (κ1) is 19.5. The van der Waals surface area contributed by atoms with Gasteiger partial charge in [-0.25, -0.2) is 0 Å². The molecule has 0 fully saturated rings. The molecule has 87 valence electrons. The molecule has 0 aliphatic rings. The zero-order chi connectivity index (χ0) is 9.72. The quantitative estimate of drug-likeness (QED) is 0.322. The first-order chi connectivity index (χ1) is 5.54. The van der Waals surface area contributed by atoms with Gasteiger partial charge in [0.2, 0.25) is 0 Å². The molecule has 5 N–H and O–H groups in total. The third kappa shape index (κ3) is 5.62. The van der Waals surface area contributed by atoms with Gasteiger partial charge < -0.3 is 35.8 Å². The Bertz CT molecular complexity index is 144. The molecule has 0 bridgehead atoms. The number of hydrogen-bond acceptors (Lipinski definition) is 6. The van der Waals surface area contributed by atoms with Crippen LogP contribution in [0.1, 0.15) is 0 Å². The average molecular weight is 255 g/mol. The van der Waals surface area contributed by atoms with Gasteiger partial charge in [0.05, 0.1) is 6.61 Å². The molecule has 0 saturated heterocycles. The molecular weight excluding hydrogens is 243 g/mol. The van der Waals surface area contributed by atoms with Crippen LogP contribution in [0.2, 0.25) is 0 Å². The Balaban J connectivity index is -0.000000605. The molecule has 7 nitrogen and oxygen atoms in total. The van der Waals surface area contributed by atoms with E-state index in [0.29, 0.717) is 0 Å². The van der Waals surface area contributed by atoms with Crippen LogP contribution in [0.4, 0.5) is 0 Å². The molecule has 0 unspecified atom stereocenters. The predicted octanol–water partition coefficient (Wildman–Crippen LogP) is -3.50. The van der Waals surface area contributed by atoms with Gasteiger partial charge in [0.15, 0.2) is 6.29 Å². The van der Waals surface area contributed by atoms with Gasteiger partial charge in [0.1, 0.15) is 24.4 Å². The smallest absolute Gasteiger partial charge is 2.00 e. The van der Waals surface area contributed by atoms with Crippen LogP contribution in [-0.2, 0) is 27.0 Å². The first-order valence-electron chi connectivity index (χ1n) is 3.33. The molecule has 1 radical (unpaired) electrons. The normalized spacial score (nSPS) is 18.1. The van der Waals surface area contributed by atoms with Crippen LogP contribution >= 0.6 is 0 Å². The Hall–Kier alpha value is -0.0635. The number of carbonyl (C=O) groups excluding carboxylic acids is 1. The van der Waals surface area contributed by atoms with E-state index in [1.54, 1.807) is 0 Å². The molecule has 0 amide bonds. The molecule has 0 saturated carbocycles. The summed E-state index contributed by atoms with van der Waals surface area (Å²) in [6, 6.07) is 0. The van der Waals surface area contributed by atoms with Gasteiger partial charge >= 0.3 is 16.8 Å². The van der Waals surface area contributed by atoms with Crippen LogP contribution in [0.3, 0.4) is 0 Å². The minimum absolute atomic E-state index is 0. The second-order valence-corrected chi connectivity index (χ2v) is 2.36. The van der Waals surface area contributed by atoms with Gasteiger partial charge in [-0.05, 0) is 0 Å². The summed E-state index contributed by atoms with van der Waals surface area (Å²) < 4.78 is 0. The SMILES string of the molecule is O=C[C@H](O)[C@@H](O)[C@H](O)[C@H](O)CO.[Co+2].[O-2]. The number of hydrogen-bond donors (Lipinski definition) is 5. The van der Waals surface area contributed by atoms with E-state index in [9.17, 15) is 4.79 Å². The van der Waals surface area contributed by atoms with Crippen LogP contribution in [0.25, 0.3) is 0 Å². The third-order valence-corrected chi connectivity index (χ3v) is 1.42. The second-order valence-electron chi connectivity index (χ2n) is 2.36. The molecule has 8 heteroatoms. The summed E-state index contributed by atoms with van der Waals surface area (Å²) in [5.74, 6) is 0. The minimum Gasteiger partial charge on any atom is -2.00 e. The van der Waals surface area contributed by atoms with E-state index < -0.39 is 31.0 Å². The molecule has 0 aromatic carbocycles. The largest absolute Gasteiger partial charge is 2.00 e. The molecular formula is C6H12CoO7. The first-order valence-corrected chi connectivity index (χ1v) is 3.33. The summed E-state index contributed by atoms with van der Waals surface area (Å²) >= 11 is 0. The topological polar surface area (TPSA) is 147 Å². The molecule has 0 aromatic heterocycles. The fourth-order valence-electron chi connectivity index (χ4n) is 0.618. The molecule has 0 aliphatic heterocycles. The van der Waals surface area contributed by atoms with E-state index in [1.807, 2.05) is 0 Å². The van der Waals surface area contributed by atoms with Gasteiger partial charge in [-0.15, -0.1) is 0 Å². The fourth-order valence-corrected chi connectivity index (χ4v) is 0.618. The van der Waals surface area contributed by atoms with Crippen molar-refractivity contribution in [2.24, 2.45) is 0 Å². The summed E-state index contributed by atoms with van der Waals surface area (Å²) in [6.45, 7) is -0.760. The van der Waals surface area contributed by atoms with Gasteiger partial charge in [0, 0.05) is 0 Å². The van der Waals surface area contributed by atoms with Crippen LogP contribution in [-0.4, -0.2) is 62.8 Å². The average Bonchev–Trinajstić information content (AvgIpc) is 2.12. The van der Waals surface area contributed by atoms with Crippen molar-refractivity contribution in [3.63, 3.8) is 0 Å². The van der Waals surface area contributed by atoms with Crippen LogP contribution in [0.5, 0.6) is 0 Å². The van der Waals surface area contributed by atoms with Crippen molar-refractivity contribution < 1.29 is 52.6 Å². The summed E-state index contributed by atoms with van der Waals surface area (Å²) in [4.78, 5) is 9.90. The molecule has 14 heavy (non-hydrogen) atoms. The summed E-state index contributed by atoms with van der Waals surface area (Å²) in [5.41, 5.74) is 0. The second kappa shape index (κ2) is 9.49. The number of aldehydes is 1. The molecule has 0 rings (SSSR count). The third-order valence-electron chi connectivity index (χ3n) is 1.42.